The van der Waals surface area contributed by atoms with Crippen LogP contribution in [0.25, 0.3) is 0 Å². The van der Waals surface area contributed by atoms with Gasteiger partial charge in [0, 0.05) is 23.5 Å². The summed E-state index contributed by atoms with van der Waals surface area (Å²) in [5.41, 5.74) is 7.42. The molecule has 2 N–H and O–H groups in total. The van der Waals surface area contributed by atoms with Gasteiger partial charge in [0.25, 0.3) is 0 Å². The summed E-state index contributed by atoms with van der Waals surface area (Å²) in [5.74, 6) is 0. The summed E-state index contributed by atoms with van der Waals surface area (Å²) in [6.45, 7) is 2.91. The molecule has 19 heavy (non-hydrogen) atoms. The van der Waals surface area contributed by atoms with E-state index in [-0.39, 0.29) is 12.1 Å². The van der Waals surface area contributed by atoms with Crippen molar-refractivity contribution < 1.29 is 0 Å². The van der Waals surface area contributed by atoms with Gasteiger partial charge in [-0.3, -0.25) is 4.90 Å². The van der Waals surface area contributed by atoms with Gasteiger partial charge < -0.3 is 5.73 Å². The molecule has 0 spiro atoms. The normalized spacial score (nSPS) is 14.6. The molecule has 0 radical (unpaired) electrons. The number of nitrogens with two attached hydrogens (primary N) is 1. The number of likely N-dealkylation sites (N-methyl/N-ethyl adjacent to an activating group) is 1. The van der Waals surface area contributed by atoms with Crippen LogP contribution in [-0.4, -0.2) is 18.0 Å². The van der Waals surface area contributed by atoms with Crippen LogP contribution >= 0.6 is 22.9 Å². The smallest absolute Gasteiger partial charge is 0.0931 e. The molecule has 2 nitrogen and oxygen atoms in total. The lowest BCUT2D eigenvalue weighted by Gasteiger charge is -2.31. The summed E-state index contributed by atoms with van der Waals surface area (Å²) in [6, 6.07) is 14.7. The van der Waals surface area contributed by atoms with Crippen LogP contribution in [0.1, 0.15) is 23.4 Å². The largest absolute Gasteiger partial charge is 0.326 e. The predicted octanol–water partition coefficient (Wildman–Crippen LogP) is 3.92. The second-order valence-corrected chi connectivity index (χ2v) is 6.64. The van der Waals surface area contributed by atoms with Crippen molar-refractivity contribution in [3.05, 3.63) is 57.2 Å². The van der Waals surface area contributed by atoms with E-state index in [1.807, 2.05) is 12.1 Å². The van der Waals surface area contributed by atoms with E-state index in [1.165, 1.54) is 10.4 Å². The zero-order valence-corrected chi connectivity index (χ0v) is 12.8. The Kier molecular flexibility index (Phi) is 4.99. The van der Waals surface area contributed by atoms with Crippen LogP contribution in [0, 0.1) is 0 Å². The molecule has 1 aromatic carbocycles. The van der Waals surface area contributed by atoms with E-state index in [2.05, 4.69) is 49.2 Å². The molecule has 0 fully saturated rings. The number of benzene rings is 1. The first-order valence-corrected chi connectivity index (χ1v) is 7.52. The third kappa shape index (κ3) is 3.80. The average molecular weight is 295 g/mol. The first kappa shape index (κ1) is 14.5. The average Bonchev–Trinajstić information content (AvgIpc) is 2.75. The first-order chi connectivity index (χ1) is 9.08. The van der Waals surface area contributed by atoms with E-state index in [9.17, 15) is 0 Å². The first-order valence-electron chi connectivity index (χ1n) is 6.33. The van der Waals surface area contributed by atoms with Crippen LogP contribution in [-0.2, 0) is 6.54 Å². The minimum Gasteiger partial charge on any atom is -0.326 e. The van der Waals surface area contributed by atoms with Crippen molar-refractivity contribution in [3.63, 3.8) is 0 Å². The highest BCUT2D eigenvalue weighted by Crippen LogP contribution is 2.27. The number of hydrogen-bond donors (Lipinski definition) is 1. The van der Waals surface area contributed by atoms with E-state index in [0.717, 1.165) is 10.9 Å². The molecule has 2 atom stereocenters. The second kappa shape index (κ2) is 6.53. The quantitative estimate of drug-likeness (QED) is 0.905. The van der Waals surface area contributed by atoms with E-state index in [4.69, 9.17) is 17.3 Å². The summed E-state index contributed by atoms with van der Waals surface area (Å²) in [4.78, 5) is 3.54. The summed E-state index contributed by atoms with van der Waals surface area (Å²) >= 11 is 7.60. The highest BCUT2D eigenvalue weighted by molar-refractivity contribution is 7.16. The van der Waals surface area contributed by atoms with Crippen LogP contribution in [0.4, 0.5) is 0 Å². The zero-order chi connectivity index (χ0) is 13.8. The van der Waals surface area contributed by atoms with Crippen LogP contribution < -0.4 is 5.73 Å². The van der Waals surface area contributed by atoms with Crippen molar-refractivity contribution in [2.45, 2.75) is 25.6 Å². The van der Waals surface area contributed by atoms with Crippen LogP contribution in [0.2, 0.25) is 4.34 Å². The van der Waals surface area contributed by atoms with Gasteiger partial charge in [-0.15, -0.1) is 11.3 Å². The number of thiophene rings is 1. The number of nitrogens with zero attached hydrogens (tertiary/aromatic N) is 1. The van der Waals surface area contributed by atoms with Gasteiger partial charge in [-0.1, -0.05) is 41.9 Å². The molecule has 0 saturated heterocycles. The Balaban J connectivity index is 2.15. The van der Waals surface area contributed by atoms with Gasteiger partial charge in [0.15, 0.2) is 0 Å². The summed E-state index contributed by atoms with van der Waals surface area (Å²) in [5, 5.41) is 0. The van der Waals surface area contributed by atoms with E-state index in [1.54, 1.807) is 11.3 Å². The third-order valence-electron chi connectivity index (χ3n) is 3.15. The Bertz CT molecular complexity index is 510. The molecule has 0 aliphatic rings. The maximum atomic E-state index is 6.16. The fourth-order valence-corrected chi connectivity index (χ4v) is 3.54. The molecule has 0 bridgehead atoms. The monoisotopic (exact) mass is 294 g/mol. The molecular formula is C15H19ClN2S. The molecule has 0 saturated carbocycles. The van der Waals surface area contributed by atoms with Gasteiger partial charge in [0.2, 0.25) is 0 Å². The zero-order valence-electron chi connectivity index (χ0n) is 11.2. The third-order valence-corrected chi connectivity index (χ3v) is 4.36. The standard InChI is InChI=1S/C15H19ClN2S/c1-11(17)15(12-6-4-3-5-7-12)18(2)10-13-8-9-14(16)19-13/h3-9,11,15H,10,17H2,1-2H3. The van der Waals surface area contributed by atoms with Gasteiger partial charge in [0.05, 0.1) is 4.34 Å². The maximum Gasteiger partial charge on any atom is 0.0931 e. The minimum atomic E-state index is 0.0721. The van der Waals surface area contributed by atoms with E-state index < -0.39 is 0 Å². The van der Waals surface area contributed by atoms with Gasteiger partial charge >= 0.3 is 0 Å². The molecule has 2 unspecified atom stereocenters. The Morgan fingerprint density at radius 2 is 1.89 bits per heavy atom. The number of hydrogen-bond acceptors (Lipinski definition) is 3. The van der Waals surface area contributed by atoms with E-state index in [0.29, 0.717) is 0 Å². The van der Waals surface area contributed by atoms with Crippen molar-refractivity contribution in [2.75, 3.05) is 7.05 Å². The van der Waals surface area contributed by atoms with Crippen molar-refractivity contribution in [3.8, 4) is 0 Å². The van der Waals surface area contributed by atoms with Crippen molar-refractivity contribution in [2.24, 2.45) is 5.73 Å². The Hall–Kier alpha value is -0.870. The van der Waals surface area contributed by atoms with Gasteiger partial charge in [0.1, 0.15) is 0 Å². The van der Waals surface area contributed by atoms with Crippen LogP contribution in [0.15, 0.2) is 42.5 Å². The van der Waals surface area contributed by atoms with Crippen molar-refractivity contribution in [1.82, 2.24) is 4.90 Å². The minimum absolute atomic E-state index is 0.0721. The molecule has 102 valence electrons. The predicted molar refractivity (Wildman–Crippen MR) is 83.6 cm³/mol. The van der Waals surface area contributed by atoms with E-state index >= 15 is 0 Å². The fraction of sp³-hybridized carbons (Fsp3) is 0.333. The SMILES string of the molecule is CC(N)C(c1ccccc1)N(C)Cc1ccc(Cl)s1. The highest BCUT2D eigenvalue weighted by atomic mass is 35.5. The molecular weight excluding hydrogens is 276 g/mol. The maximum absolute atomic E-state index is 6.16. The topological polar surface area (TPSA) is 29.3 Å². The molecule has 2 aromatic rings. The summed E-state index contributed by atoms with van der Waals surface area (Å²) < 4.78 is 0.834. The molecule has 2 rings (SSSR count). The molecule has 0 aliphatic carbocycles. The van der Waals surface area contributed by atoms with Crippen LogP contribution in [0.5, 0.6) is 0 Å². The molecule has 0 amide bonds. The van der Waals surface area contributed by atoms with Gasteiger partial charge in [-0.2, -0.15) is 0 Å². The molecule has 1 aromatic heterocycles. The van der Waals surface area contributed by atoms with Gasteiger partial charge in [-0.25, -0.2) is 0 Å². The Labute approximate surface area is 123 Å². The van der Waals surface area contributed by atoms with Crippen LogP contribution in [0.3, 0.4) is 0 Å². The molecule has 0 aliphatic heterocycles. The number of rotatable bonds is 5. The van der Waals surface area contributed by atoms with Gasteiger partial charge in [-0.05, 0) is 31.7 Å². The number of halogens is 1. The summed E-state index contributed by atoms with van der Waals surface area (Å²) in [6.07, 6.45) is 0. The highest BCUT2D eigenvalue weighted by Gasteiger charge is 2.21. The lowest BCUT2D eigenvalue weighted by molar-refractivity contribution is 0.212. The summed E-state index contributed by atoms with van der Waals surface area (Å²) in [7, 11) is 2.11. The van der Waals surface area contributed by atoms with Crippen molar-refractivity contribution in [1.29, 1.82) is 0 Å². The molecule has 1 heterocycles. The lowest BCUT2D eigenvalue weighted by atomic mass is 9.99. The van der Waals surface area contributed by atoms with Crippen molar-refractivity contribution >= 4 is 22.9 Å². The second-order valence-electron chi connectivity index (χ2n) is 4.84. The fourth-order valence-electron chi connectivity index (χ4n) is 2.39. The Morgan fingerprint density at radius 3 is 2.42 bits per heavy atom. The molecule has 4 heteroatoms. The lowest BCUT2D eigenvalue weighted by Crippen LogP contribution is -2.36. The Morgan fingerprint density at radius 1 is 1.21 bits per heavy atom.